The molecule has 0 saturated carbocycles. The normalized spacial score (nSPS) is 11.6. The van der Waals surface area contributed by atoms with E-state index in [0.29, 0.717) is 0 Å². The predicted octanol–water partition coefficient (Wildman–Crippen LogP) is 6.56. The van der Waals surface area contributed by atoms with Crippen LogP contribution in [0.5, 0.6) is 0 Å². The third-order valence-corrected chi connectivity index (χ3v) is 7.70. The van der Waals surface area contributed by atoms with E-state index >= 15 is 0 Å². The first-order valence-electron chi connectivity index (χ1n) is 10.3. The molecule has 1 nitrogen and oxygen atoms in total. The molecule has 30 heavy (non-hydrogen) atoms. The molecule has 0 atom stereocenters. The van der Waals surface area contributed by atoms with Crippen LogP contribution in [0.1, 0.15) is 16.7 Å². The van der Waals surface area contributed by atoms with Crippen LogP contribution in [-0.2, 0) is 0 Å². The van der Waals surface area contributed by atoms with E-state index in [1.165, 1.54) is 27.3 Å². The maximum atomic E-state index is 5.25. The maximum Gasteiger partial charge on any atom is 0.0691 e. The lowest BCUT2D eigenvalue weighted by molar-refractivity contribution is 1.32. The van der Waals surface area contributed by atoms with Crippen LogP contribution in [0.15, 0.2) is 114 Å². The summed E-state index contributed by atoms with van der Waals surface area (Å²) in [5.74, 6) is 0. The Labute approximate surface area is 180 Å². The van der Waals surface area contributed by atoms with E-state index in [-0.39, 0.29) is 0 Å². The number of benzene rings is 4. The van der Waals surface area contributed by atoms with Crippen LogP contribution in [0.25, 0.3) is 0 Å². The molecule has 4 aromatic carbocycles. The monoisotopic (exact) mass is 407 g/mol. The Kier molecular flexibility index (Phi) is 6.52. The van der Waals surface area contributed by atoms with Crippen LogP contribution in [0.3, 0.4) is 0 Å². The summed E-state index contributed by atoms with van der Waals surface area (Å²) in [6, 6.07) is 38.7. The van der Waals surface area contributed by atoms with Gasteiger partial charge in [0, 0.05) is 6.16 Å². The molecule has 0 amide bonds. The summed E-state index contributed by atoms with van der Waals surface area (Å²) in [6.07, 6.45) is 0.904. The van der Waals surface area contributed by atoms with Crippen molar-refractivity contribution in [3.05, 3.63) is 126 Å². The van der Waals surface area contributed by atoms with Crippen LogP contribution in [-0.4, -0.2) is 11.9 Å². The van der Waals surface area contributed by atoms with Gasteiger partial charge in [0.2, 0.25) is 0 Å². The molecule has 0 fully saturated rings. The molecule has 0 unspecified atom stereocenters. The lowest BCUT2D eigenvalue weighted by Gasteiger charge is -2.21. The van der Waals surface area contributed by atoms with Gasteiger partial charge in [-0.3, -0.25) is 4.99 Å². The molecule has 148 valence electrons. The standard InChI is InChI=1S/C28H26NP/c1-22-13-12-14-23(2)28(22)29-27(24-15-6-3-7-16-24)21-30(25-17-8-4-9-18-25)26-19-10-5-11-20-26/h3-20H,21H2,1-2H3. The molecule has 0 bridgehead atoms. The summed E-state index contributed by atoms with van der Waals surface area (Å²) in [5, 5.41) is 2.76. The molecule has 0 saturated heterocycles. The second-order valence-electron chi connectivity index (χ2n) is 7.42. The van der Waals surface area contributed by atoms with E-state index in [2.05, 4.69) is 123 Å². The summed E-state index contributed by atoms with van der Waals surface area (Å²) < 4.78 is 0. The molecule has 0 aliphatic rings. The van der Waals surface area contributed by atoms with Crippen molar-refractivity contribution in [2.45, 2.75) is 13.8 Å². The average molecular weight is 407 g/mol. The molecule has 0 spiro atoms. The molecule has 0 aliphatic carbocycles. The zero-order valence-corrected chi connectivity index (χ0v) is 18.4. The van der Waals surface area contributed by atoms with Crippen molar-refractivity contribution in [3.63, 3.8) is 0 Å². The quantitative estimate of drug-likeness (QED) is 0.254. The summed E-state index contributed by atoms with van der Waals surface area (Å²) in [5.41, 5.74) is 5.86. The zero-order valence-electron chi connectivity index (χ0n) is 17.5. The van der Waals surface area contributed by atoms with E-state index in [0.717, 1.165) is 17.6 Å². The molecule has 0 radical (unpaired) electrons. The van der Waals surface area contributed by atoms with Crippen molar-refractivity contribution in [2.24, 2.45) is 4.99 Å². The van der Waals surface area contributed by atoms with Gasteiger partial charge >= 0.3 is 0 Å². The van der Waals surface area contributed by atoms with Gasteiger partial charge in [-0.15, -0.1) is 0 Å². The van der Waals surface area contributed by atoms with E-state index in [1.54, 1.807) is 0 Å². The highest BCUT2D eigenvalue weighted by Gasteiger charge is 2.18. The molecular weight excluding hydrogens is 381 g/mol. The van der Waals surface area contributed by atoms with Crippen LogP contribution in [0.4, 0.5) is 5.69 Å². The van der Waals surface area contributed by atoms with Gasteiger partial charge in [-0.05, 0) is 49.1 Å². The van der Waals surface area contributed by atoms with Crippen molar-refractivity contribution in [2.75, 3.05) is 6.16 Å². The van der Waals surface area contributed by atoms with E-state index < -0.39 is 7.92 Å². The Morgan fingerprint density at radius 3 is 1.57 bits per heavy atom. The minimum absolute atomic E-state index is 0.560. The van der Waals surface area contributed by atoms with Crippen molar-refractivity contribution < 1.29 is 0 Å². The summed E-state index contributed by atoms with van der Waals surface area (Å²) in [7, 11) is -0.560. The highest BCUT2D eigenvalue weighted by molar-refractivity contribution is 7.73. The second kappa shape index (κ2) is 9.65. The van der Waals surface area contributed by atoms with Crippen LogP contribution >= 0.6 is 7.92 Å². The van der Waals surface area contributed by atoms with E-state index in [1.807, 2.05) is 0 Å². The summed E-state index contributed by atoms with van der Waals surface area (Å²) >= 11 is 0. The average Bonchev–Trinajstić information content (AvgIpc) is 2.80. The van der Waals surface area contributed by atoms with Crippen molar-refractivity contribution in [3.8, 4) is 0 Å². The van der Waals surface area contributed by atoms with Gasteiger partial charge in [0.05, 0.1) is 11.4 Å². The minimum atomic E-state index is -0.560. The fourth-order valence-electron chi connectivity index (χ4n) is 3.64. The molecule has 0 N–H and O–H groups in total. The van der Waals surface area contributed by atoms with Crippen LogP contribution < -0.4 is 10.6 Å². The highest BCUT2D eigenvalue weighted by Crippen LogP contribution is 2.35. The number of aliphatic imine (C=N–C) groups is 1. The van der Waals surface area contributed by atoms with Gasteiger partial charge in [-0.2, -0.15) is 0 Å². The predicted molar refractivity (Wildman–Crippen MR) is 132 cm³/mol. The lowest BCUT2D eigenvalue weighted by atomic mass is 10.1. The third-order valence-electron chi connectivity index (χ3n) is 5.24. The Morgan fingerprint density at radius 1 is 0.600 bits per heavy atom. The highest BCUT2D eigenvalue weighted by atomic mass is 31.1. The zero-order chi connectivity index (χ0) is 20.8. The molecule has 4 rings (SSSR count). The van der Waals surface area contributed by atoms with Crippen LogP contribution in [0.2, 0.25) is 0 Å². The van der Waals surface area contributed by atoms with E-state index in [9.17, 15) is 0 Å². The Bertz CT molecular complexity index is 1060. The molecule has 0 aliphatic heterocycles. The third kappa shape index (κ3) is 4.75. The summed E-state index contributed by atoms with van der Waals surface area (Å²) in [4.78, 5) is 5.25. The van der Waals surface area contributed by atoms with E-state index in [4.69, 9.17) is 4.99 Å². The molecular formula is C28H26NP. The van der Waals surface area contributed by atoms with Crippen molar-refractivity contribution in [1.29, 1.82) is 0 Å². The van der Waals surface area contributed by atoms with Crippen LogP contribution in [0, 0.1) is 13.8 Å². The first kappa shape index (κ1) is 20.3. The fourth-order valence-corrected chi connectivity index (χ4v) is 5.92. The fraction of sp³-hybridized carbons (Fsp3) is 0.107. The Morgan fingerprint density at radius 2 is 1.07 bits per heavy atom. The van der Waals surface area contributed by atoms with Crippen molar-refractivity contribution >= 4 is 29.9 Å². The van der Waals surface area contributed by atoms with Gasteiger partial charge in [0.25, 0.3) is 0 Å². The van der Waals surface area contributed by atoms with Gasteiger partial charge in [-0.25, -0.2) is 0 Å². The molecule has 4 aromatic rings. The molecule has 0 aromatic heterocycles. The number of hydrogen-bond acceptors (Lipinski definition) is 1. The number of para-hydroxylation sites is 1. The lowest BCUT2D eigenvalue weighted by Crippen LogP contribution is -2.19. The van der Waals surface area contributed by atoms with Gasteiger partial charge in [0.1, 0.15) is 0 Å². The smallest absolute Gasteiger partial charge is 0.0691 e. The SMILES string of the molecule is Cc1cccc(C)c1N=C(CP(c1ccccc1)c1ccccc1)c1ccccc1. The number of rotatable bonds is 6. The minimum Gasteiger partial charge on any atom is -0.252 e. The topological polar surface area (TPSA) is 12.4 Å². The number of aryl methyl sites for hydroxylation is 2. The Balaban J connectivity index is 1.83. The first-order valence-corrected chi connectivity index (χ1v) is 11.8. The Hall–Kier alpha value is -3.02. The molecule has 0 heterocycles. The van der Waals surface area contributed by atoms with Crippen molar-refractivity contribution in [1.82, 2.24) is 0 Å². The van der Waals surface area contributed by atoms with Gasteiger partial charge < -0.3 is 0 Å². The second-order valence-corrected chi connectivity index (χ2v) is 9.63. The first-order chi connectivity index (χ1) is 14.7. The largest absolute Gasteiger partial charge is 0.252 e. The number of nitrogens with zero attached hydrogens (tertiary/aromatic N) is 1. The van der Waals surface area contributed by atoms with Gasteiger partial charge in [-0.1, -0.05) is 109 Å². The summed E-state index contributed by atoms with van der Waals surface area (Å²) in [6.45, 7) is 4.29. The van der Waals surface area contributed by atoms with Gasteiger partial charge in [0.15, 0.2) is 0 Å². The maximum absolute atomic E-state index is 5.25. The number of hydrogen-bond donors (Lipinski definition) is 0. The molecule has 2 heteroatoms.